The van der Waals surface area contributed by atoms with Gasteiger partial charge in [0.05, 0.1) is 25.0 Å². The molecule has 1 amide bonds. The molecule has 0 aromatic heterocycles. The van der Waals surface area contributed by atoms with Gasteiger partial charge >= 0.3 is 5.97 Å². The van der Waals surface area contributed by atoms with E-state index in [0.29, 0.717) is 37.0 Å². The third kappa shape index (κ3) is 6.32. The van der Waals surface area contributed by atoms with E-state index in [2.05, 4.69) is 0 Å². The van der Waals surface area contributed by atoms with Gasteiger partial charge in [-0.2, -0.15) is 0 Å². The van der Waals surface area contributed by atoms with Crippen molar-refractivity contribution in [1.29, 1.82) is 0 Å². The molecule has 1 aliphatic heterocycles. The maximum atomic E-state index is 12.4. The highest BCUT2D eigenvalue weighted by molar-refractivity contribution is 8.00. The second-order valence-electron chi connectivity index (χ2n) is 5.67. The summed E-state index contributed by atoms with van der Waals surface area (Å²) in [6, 6.07) is 7.39. The van der Waals surface area contributed by atoms with E-state index in [4.69, 9.17) is 21.4 Å². The number of benzene rings is 1. The lowest BCUT2D eigenvalue weighted by molar-refractivity contribution is -0.141. The van der Waals surface area contributed by atoms with Crippen LogP contribution in [0, 0.1) is 0 Å². The number of likely N-dealkylation sites (N-methyl/N-ethyl adjacent to an activating group) is 1. The number of aliphatic carboxylic acids is 1. The summed E-state index contributed by atoms with van der Waals surface area (Å²) in [4.78, 5) is 27.5. The number of morpholine rings is 1. The van der Waals surface area contributed by atoms with E-state index in [0.717, 1.165) is 4.90 Å². The van der Waals surface area contributed by atoms with Crippen molar-refractivity contribution < 1.29 is 19.4 Å². The van der Waals surface area contributed by atoms with Crippen LogP contribution in [-0.2, 0) is 14.3 Å². The summed E-state index contributed by atoms with van der Waals surface area (Å²) in [7, 11) is 1.73. The van der Waals surface area contributed by atoms with Crippen molar-refractivity contribution in [3.05, 3.63) is 29.3 Å². The molecule has 1 atom stereocenters. The van der Waals surface area contributed by atoms with Crippen LogP contribution in [-0.4, -0.2) is 78.5 Å². The topological polar surface area (TPSA) is 70.1 Å². The van der Waals surface area contributed by atoms with Crippen LogP contribution in [0.2, 0.25) is 5.02 Å². The van der Waals surface area contributed by atoms with Crippen molar-refractivity contribution >= 4 is 35.2 Å². The van der Waals surface area contributed by atoms with Crippen molar-refractivity contribution in [2.45, 2.75) is 11.0 Å². The highest BCUT2D eigenvalue weighted by Gasteiger charge is 2.25. The Bertz CT molecular complexity index is 570. The first-order chi connectivity index (χ1) is 11.4. The van der Waals surface area contributed by atoms with Gasteiger partial charge in [0.15, 0.2) is 0 Å². The standard InChI is InChI=1S/C16H21ClN2O4S/c1-18(10-16(21)22)8-13-9-19(6-7-23-13)15(20)11-24-14-4-2-12(17)3-5-14/h2-5,13H,6-11H2,1H3,(H,21,22). The largest absolute Gasteiger partial charge is 0.480 e. The monoisotopic (exact) mass is 372 g/mol. The highest BCUT2D eigenvalue weighted by atomic mass is 35.5. The molecule has 24 heavy (non-hydrogen) atoms. The van der Waals surface area contributed by atoms with Crippen molar-refractivity contribution in [1.82, 2.24) is 9.80 Å². The number of hydrogen-bond acceptors (Lipinski definition) is 5. The molecule has 6 nitrogen and oxygen atoms in total. The van der Waals surface area contributed by atoms with E-state index in [1.165, 1.54) is 11.8 Å². The molecule has 2 rings (SSSR count). The molecule has 0 saturated carbocycles. The number of carbonyl (C=O) groups excluding carboxylic acids is 1. The van der Waals surface area contributed by atoms with E-state index < -0.39 is 5.97 Å². The Morgan fingerprint density at radius 2 is 2.12 bits per heavy atom. The van der Waals surface area contributed by atoms with E-state index in [9.17, 15) is 9.59 Å². The van der Waals surface area contributed by atoms with E-state index >= 15 is 0 Å². The predicted octanol–water partition coefficient (Wildman–Crippen LogP) is 1.68. The summed E-state index contributed by atoms with van der Waals surface area (Å²) in [5.41, 5.74) is 0. The van der Waals surface area contributed by atoms with Crippen LogP contribution in [0.5, 0.6) is 0 Å². The van der Waals surface area contributed by atoms with Crippen molar-refractivity contribution in [3.8, 4) is 0 Å². The maximum Gasteiger partial charge on any atom is 0.317 e. The molecular formula is C16H21ClN2O4S. The molecule has 1 aromatic carbocycles. The zero-order chi connectivity index (χ0) is 17.5. The molecule has 1 saturated heterocycles. The molecule has 1 unspecified atom stereocenters. The van der Waals surface area contributed by atoms with Gasteiger partial charge in [-0.1, -0.05) is 11.6 Å². The number of carboxylic acids is 1. The molecule has 1 aromatic rings. The second kappa shape index (κ2) is 9.27. The SMILES string of the molecule is CN(CC(=O)O)CC1CN(C(=O)CSc2ccc(Cl)cc2)CCO1. The smallest absolute Gasteiger partial charge is 0.317 e. The number of rotatable bonds is 7. The normalized spacial score (nSPS) is 18.0. The number of thioether (sulfide) groups is 1. The summed E-state index contributed by atoms with van der Waals surface area (Å²) in [5.74, 6) is -0.455. The fraction of sp³-hybridized carbons (Fsp3) is 0.500. The van der Waals surface area contributed by atoms with Crippen LogP contribution in [0.15, 0.2) is 29.2 Å². The molecule has 8 heteroatoms. The first kappa shape index (κ1) is 19.1. The van der Waals surface area contributed by atoms with Crippen LogP contribution in [0.25, 0.3) is 0 Å². The minimum Gasteiger partial charge on any atom is -0.480 e. The molecule has 0 bridgehead atoms. The molecular weight excluding hydrogens is 352 g/mol. The van der Waals surface area contributed by atoms with Crippen molar-refractivity contribution in [2.75, 3.05) is 45.6 Å². The highest BCUT2D eigenvalue weighted by Crippen LogP contribution is 2.21. The number of carboxylic acid groups (broad SMARTS) is 1. The molecule has 0 spiro atoms. The summed E-state index contributed by atoms with van der Waals surface area (Å²) < 4.78 is 5.64. The zero-order valence-corrected chi connectivity index (χ0v) is 15.1. The van der Waals surface area contributed by atoms with Gasteiger partial charge < -0.3 is 14.7 Å². The minimum atomic E-state index is -0.874. The predicted molar refractivity (Wildman–Crippen MR) is 93.6 cm³/mol. The number of carbonyl (C=O) groups is 2. The summed E-state index contributed by atoms with van der Waals surface area (Å²) in [6.45, 7) is 1.98. The lowest BCUT2D eigenvalue weighted by atomic mass is 10.2. The Kier molecular flexibility index (Phi) is 7.36. The van der Waals surface area contributed by atoms with Crippen LogP contribution in [0.1, 0.15) is 0 Å². The van der Waals surface area contributed by atoms with Gasteiger partial charge in [-0.15, -0.1) is 11.8 Å². The lowest BCUT2D eigenvalue weighted by Crippen LogP contribution is -2.50. The average molecular weight is 373 g/mol. The number of amides is 1. The Hall–Kier alpha value is -1.28. The number of nitrogens with zero attached hydrogens (tertiary/aromatic N) is 2. The minimum absolute atomic E-state index is 0.0414. The van der Waals surface area contributed by atoms with Gasteiger partial charge in [-0.25, -0.2) is 0 Å². The van der Waals surface area contributed by atoms with Gasteiger partial charge in [0, 0.05) is 29.6 Å². The molecule has 0 radical (unpaired) electrons. The summed E-state index contributed by atoms with van der Waals surface area (Å²) in [6.07, 6.45) is -0.160. The van der Waals surface area contributed by atoms with Gasteiger partial charge in [0.1, 0.15) is 0 Å². The Morgan fingerprint density at radius 1 is 1.42 bits per heavy atom. The average Bonchev–Trinajstić information content (AvgIpc) is 2.53. The van der Waals surface area contributed by atoms with Crippen LogP contribution >= 0.6 is 23.4 Å². The van der Waals surface area contributed by atoms with Gasteiger partial charge in [-0.3, -0.25) is 14.5 Å². The Morgan fingerprint density at radius 3 is 2.79 bits per heavy atom. The van der Waals surface area contributed by atoms with Crippen molar-refractivity contribution in [3.63, 3.8) is 0 Å². The van der Waals surface area contributed by atoms with E-state index in [1.807, 2.05) is 12.1 Å². The zero-order valence-electron chi connectivity index (χ0n) is 13.5. The quantitative estimate of drug-likeness (QED) is 0.734. The Balaban J connectivity index is 1.79. The van der Waals surface area contributed by atoms with Crippen LogP contribution in [0.4, 0.5) is 0 Å². The lowest BCUT2D eigenvalue weighted by Gasteiger charge is -2.34. The first-order valence-corrected chi connectivity index (χ1v) is 8.98. The van der Waals surface area contributed by atoms with Gasteiger partial charge in [0.2, 0.25) is 5.91 Å². The molecule has 1 aliphatic rings. The summed E-state index contributed by atoms with van der Waals surface area (Å²) in [5, 5.41) is 9.46. The van der Waals surface area contributed by atoms with Crippen molar-refractivity contribution in [2.24, 2.45) is 0 Å². The number of ether oxygens (including phenoxy) is 1. The molecule has 1 heterocycles. The van der Waals surface area contributed by atoms with Crippen LogP contribution in [0.3, 0.4) is 0 Å². The first-order valence-electron chi connectivity index (χ1n) is 7.62. The van der Waals surface area contributed by atoms with Crippen LogP contribution < -0.4 is 0 Å². The molecule has 1 fully saturated rings. The Labute approximate surface area is 150 Å². The maximum absolute atomic E-state index is 12.4. The van der Waals surface area contributed by atoms with Gasteiger partial charge in [-0.05, 0) is 31.3 Å². The fourth-order valence-corrected chi connectivity index (χ4v) is 3.39. The number of halogens is 1. The molecule has 0 aliphatic carbocycles. The molecule has 1 N–H and O–H groups in total. The molecule has 132 valence electrons. The number of hydrogen-bond donors (Lipinski definition) is 1. The van der Waals surface area contributed by atoms with E-state index in [1.54, 1.807) is 29.0 Å². The van der Waals surface area contributed by atoms with E-state index in [-0.39, 0.29) is 18.6 Å². The second-order valence-corrected chi connectivity index (χ2v) is 7.15. The third-order valence-corrected chi connectivity index (χ3v) is 4.84. The fourth-order valence-electron chi connectivity index (χ4n) is 2.47. The third-order valence-electron chi connectivity index (χ3n) is 3.59. The summed E-state index contributed by atoms with van der Waals surface area (Å²) >= 11 is 7.32. The van der Waals surface area contributed by atoms with Gasteiger partial charge in [0.25, 0.3) is 0 Å².